The van der Waals surface area contributed by atoms with Crippen LogP contribution in [0.15, 0.2) is 49.8 Å². The Bertz CT molecular complexity index is 663. The number of carbonyl (C=O) groups is 1. The van der Waals surface area contributed by atoms with Crippen LogP contribution in [0.4, 0.5) is 0 Å². The van der Waals surface area contributed by atoms with Crippen LogP contribution in [0.1, 0.15) is 17.5 Å². The van der Waals surface area contributed by atoms with Crippen molar-refractivity contribution in [2.24, 2.45) is 0 Å². The Labute approximate surface area is 154 Å². The highest BCUT2D eigenvalue weighted by Crippen LogP contribution is 2.35. The molecule has 0 bridgehead atoms. The van der Waals surface area contributed by atoms with Gasteiger partial charge in [0.2, 0.25) is 0 Å². The van der Waals surface area contributed by atoms with Crippen LogP contribution in [0.25, 0.3) is 0 Å². The first kappa shape index (κ1) is 17.5. The number of ether oxygens (including phenoxy) is 1. The summed E-state index contributed by atoms with van der Waals surface area (Å²) in [5.74, 6) is -0.0960. The van der Waals surface area contributed by atoms with E-state index in [1.165, 1.54) is 0 Å². The van der Waals surface area contributed by atoms with Gasteiger partial charge in [0.1, 0.15) is 12.4 Å². The van der Waals surface area contributed by atoms with Gasteiger partial charge in [-0.2, -0.15) is 0 Å². The van der Waals surface area contributed by atoms with Crippen molar-refractivity contribution in [3.05, 3.63) is 60.9 Å². The molecule has 0 radical (unpaired) electrons. The largest absolute Gasteiger partial charge is 0.487 e. The molecule has 0 aromatic heterocycles. The van der Waals surface area contributed by atoms with Gasteiger partial charge in [0.05, 0.1) is 8.95 Å². The SMILES string of the molecule is O=C(O)CCc1cc(Br)c(OCc2cccc(Br)c2)c(Br)c1. The molecule has 1 N–H and O–H groups in total. The number of aryl methyl sites for hydroxylation is 1. The molecule has 2 aromatic carbocycles. The van der Waals surface area contributed by atoms with E-state index in [1.54, 1.807) is 0 Å². The maximum atomic E-state index is 10.6. The first-order valence-corrected chi connectivity index (χ1v) is 8.90. The first-order valence-electron chi connectivity index (χ1n) is 6.52. The van der Waals surface area contributed by atoms with E-state index in [9.17, 15) is 4.79 Å². The summed E-state index contributed by atoms with van der Waals surface area (Å²) in [7, 11) is 0. The van der Waals surface area contributed by atoms with Crippen molar-refractivity contribution in [2.75, 3.05) is 0 Å². The van der Waals surface area contributed by atoms with Gasteiger partial charge in [0.25, 0.3) is 0 Å². The van der Waals surface area contributed by atoms with Crippen molar-refractivity contribution in [1.29, 1.82) is 0 Å². The van der Waals surface area contributed by atoms with E-state index in [-0.39, 0.29) is 6.42 Å². The fourth-order valence-corrected chi connectivity index (χ4v) is 3.88. The standard InChI is InChI=1S/C16H13Br3O3/c17-12-3-1-2-11(6-12)9-22-16-13(18)7-10(8-14(16)19)4-5-15(20)21/h1-3,6-8H,4-5,9H2,(H,20,21). The average molecular weight is 493 g/mol. The van der Waals surface area contributed by atoms with Gasteiger partial charge in [-0.25, -0.2) is 0 Å². The molecular weight excluding hydrogens is 480 g/mol. The number of benzene rings is 2. The summed E-state index contributed by atoms with van der Waals surface area (Å²) in [6, 6.07) is 11.7. The molecule has 0 atom stereocenters. The third kappa shape index (κ3) is 5.11. The molecule has 22 heavy (non-hydrogen) atoms. The molecule has 6 heteroatoms. The van der Waals surface area contributed by atoms with Crippen LogP contribution in [0.5, 0.6) is 5.75 Å². The zero-order valence-electron chi connectivity index (χ0n) is 11.5. The number of halogens is 3. The average Bonchev–Trinajstić information content (AvgIpc) is 2.44. The Kier molecular flexibility index (Phi) is 6.47. The van der Waals surface area contributed by atoms with Crippen LogP contribution >= 0.6 is 47.8 Å². The van der Waals surface area contributed by atoms with Gasteiger partial charge in [-0.1, -0.05) is 28.1 Å². The van der Waals surface area contributed by atoms with E-state index < -0.39 is 5.97 Å². The number of carboxylic acid groups (broad SMARTS) is 1. The zero-order chi connectivity index (χ0) is 16.1. The van der Waals surface area contributed by atoms with Gasteiger partial charge in [0, 0.05) is 10.9 Å². The topological polar surface area (TPSA) is 46.5 Å². The molecule has 0 aliphatic rings. The molecule has 3 nitrogen and oxygen atoms in total. The minimum absolute atomic E-state index is 0.108. The maximum absolute atomic E-state index is 10.6. The van der Waals surface area contributed by atoms with Crippen LogP contribution in [-0.2, 0) is 17.8 Å². The molecule has 0 heterocycles. The molecule has 116 valence electrons. The first-order chi connectivity index (χ1) is 10.5. The number of hydrogen-bond donors (Lipinski definition) is 1. The van der Waals surface area contributed by atoms with Crippen molar-refractivity contribution in [2.45, 2.75) is 19.4 Å². The van der Waals surface area contributed by atoms with Crippen LogP contribution in [-0.4, -0.2) is 11.1 Å². The molecule has 0 saturated heterocycles. The van der Waals surface area contributed by atoms with Crippen LogP contribution in [0.2, 0.25) is 0 Å². The van der Waals surface area contributed by atoms with E-state index in [2.05, 4.69) is 47.8 Å². The molecule has 2 rings (SSSR count). The Morgan fingerprint density at radius 1 is 1.05 bits per heavy atom. The second-order valence-corrected chi connectivity index (χ2v) is 7.33. The Morgan fingerprint density at radius 2 is 1.73 bits per heavy atom. The summed E-state index contributed by atoms with van der Waals surface area (Å²) in [4.78, 5) is 10.6. The second-order valence-electron chi connectivity index (χ2n) is 4.70. The summed E-state index contributed by atoms with van der Waals surface area (Å²) in [5.41, 5.74) is 2.00. The summed E-state index contributed by atoms with van der Waals surface area (Å²) >= 11 is 10.4. The molecule has 0 aliphatic carbocycles. The Hall–Kier alpha value is -0.850. The maximum Gasteiger partial charge on any atom is 0.303 e. The second kappa shape index (κ2) is 8.13. The monoisotopic (exact) mass is 490 g/mol. The normalized spacial score (nSPS) is 10.5. The highest BCUT2D eigenvalue weighted by molar-refractivity contribution is 9.11. The molecular formula is C16H13Br3O3. The van der Waals surface area contributed by atoms with E-state index >= 15 is 0 Å². The van der Waals surface area contributed by atoms with E-state index in [1.807, 2.05) is 36.4 Å². The van der Waals surface area contributed by atoms with Gasteiger partial charge in [-0.15, -0.1) is 0 Å². The smallest absolute Gasteiger partial charge is 0.303 e. The van der Waals surface area contributed by atoms with Crippen molar-refractivity contribution < 1.29 is 14.6 Å². The molecule has 0 spiro atoms. The lowest BCUT2D eigenvalue weighted by molar-refractivity contribution is -0.136. The van der Waals surface area contributed by atoms with Gasteiger partial charge in [-0.05, 0) is 73.7 Å². The third-order valence-corrected chi connectivity index (χ3v) is 4.63. The third-order valence-electron chi connectivity index (χ3n) is 2.96. The Balaban J connectivity index is 2.09. The summed E-state index contributed by atoms with van der Waals surface area (Å²) in [5, 5.41) is 8.75. The van der Waals surface area contributed by atoms with Crippen molar-refractivity contribution in [3.8, 4) is 5.75 Å². The lowest BCUT2D eigenvalue weighted by Gasteiger charge is -2.12. The minimum Gasteiger partial charge on any atom is -0.487 e. The molecule has 0 saturated carbocycles. The molecule has 0 fully saturated rings. The Morgan fingerprint density at radius 3 is 2.32 bits per heavy atom. The van der Waals surface area contributed by atoms with Gasteiger partial charge in [-0.3, -0.25) is 4.79 Å². The number of hydrogen-bond acceptors (Lipinski definition) is 2. The number of carboxylic acids is 1. The van der Waals surface area contributed by atoms with Gasteiger partial charge in [0.15, 0.2) is 0 Å². The van der Waals surface area contributed by atoms with E-state index in [0.29, 0.717) is 18.8 Å². The molecule has 0 amide bonds. The summed E-state index contributed by atoms with van der Waals surface area (Å²) in [6.45, 7) is 0.450. The van der Waals surface area contributed by atoms with E-state index in [0.717, 1.165) is 24.5 Å². The predicted molar refractivity (Wildman–Crippen MR) is 96.3 cm³/mol. The number of rotatable bonds is 6. The quantitative estimate of drug-likeness (QED) is 0.573. The fourth-order valence-electron chi connectivity index (χ4n) is 1.93. The zero-order valence-corrected chi connectivity index (χ0v) is 16.2. The van der Waals surface area contributed by atoms with Gasteiger partial charge >= 0.3 is 5.97 Å². The lowest BCUT2D eigenvalue weighted by atomic mass is 10.1. The molecule has 0 unspecified atom stereocenters. The van der Waals surface area contributed by atoms with Crippen molar-refractivity contribution in [3.63, 3.8) is 0 Å². The summed E-state index contributed by atoms with van der Waals surface area (Å²) in [6.07, 6.45) is 0.593. The van der Waals surface area contributed by atoms with Crippen LogP contribution < -0.4 is 4.74 Å². The predicted octanol–water partition coefficient (Wildman–Crippen LogP) is 5.57. The molecule has 0 aliphatic heterocycles. The van der Waals surface area contributed by atoms with Gasteiger partial charge < -0.3 is 9.84 Å². The highest BCUT2D eigenvalue weighted by Gasteiger charge is 2.10. The van der Waals surface area contributed by atoms with Crippen molar-refractivity contribution >= 4 is 53.8 Å². The van der Waals surface area contributed by atoms with Crippen LogP contribution in [0, 0.1) is 0 Å². The molecule has 2 aromatic rings. The lowest BCUT2D eigenvalue weighted by Crippen LogP contribution is -2.00. The highest BCUT2D eigenvalue weighted by atomic mass is 79.9. The minimum atomic E-state index is -0.803. The van der Waals surface area contributed by atoms with Crippen LogP contribution in [0.3, 0.4) is 0 Å². The fraction of sp³-hybridized carbons (Fsp3) is 0.188. The van der Waals surface area contributed by atoms with Crippen molar-refractivity contribution in [1.82, 2.24) is 0 Å². The summed E-state index contributed by atoms with van der Waals surface area (Å²) < 4.78 is 8.47. The van der Waals surface area contributed by atoms with E-state index in [4.69, 9.17) is 9.84 Å². The number of aliphatic carboxylic acids is 1.